The lowest BCUT2D eigenvalue weighted by Crippen LogP contribution is -2.30. The average Bonchev–Trinajstić information content (AvgIpc) is 2.55. The van der Waals surface area contributed by atoms with Gasteiger partial charge in [-0.3, -0.25) is 14.3 Å². The minimum Gasteiger partial charge on any atom is -0.320 e. The Kier molecular flexibility index (Phi) is 5.74. The van der Waals surface area contributed by atoms with Crippen LogP contribution in [-0.2, 0) is 14.8 Å². The summed E-state index contributed by atoms with van der Waals surface area (Å²) in [7, 11) is -3.47. The molecule has 3 N–H and O–H groups in total. The van der Waals surface area contributed by atoms with Gasteiger partial charge < -0.3 is 10.6 Å². The standard InChI is InChI=1S/C16H14F3N3O4S/c1-27(25,26)22-11-8-6-10(7-9-11)14(23)20-12-4-2-3-5-13(12)21-15(24)16(17,18)19/h2-9,22H,1H3,(H,20,23)(H,21,24). The average molecular weight is 401 g/mol. The molecular formula is C16H14F3N3O4S. The van der Waals surface area contributed by atoms with E-state index in [2.05, 4.69) is 10.0 Å². The molecule has 144 valence electrons. The number of carbonyl (C=O) groups is 2. The molecule has 0 atom stereocenters. The van der Waals surface area contributed by atoms with E-state index in [-0.39, 0.29) is 22.6 Å². The summed E-state index contributed by atoms with van der Waals surface area (Å²) >= 11 is 0. The van der Waals surface area contributed by atoms with Crippen molar-refractivity contribution in [1.82, 2.24) is 0 Å². The summed E-state index contributed by atoms with van der Waals surface area (Å²) in [6, 6.07) is 10.8. The van der Waals surface area contributed by atoms with Gasteiger partial charge in [-0.05, 0) is 36.4 Å². The van der Waals surface area contributed by atoms with Crippen LogP contribution in [0, 0.1) is 0 Å². The number of amides is 2. The van der Waals surface area contributed by atoms with Crippen LogP contribution < -0.4 is 15.4 Å². The molecule has 0 aromatic heterocycles. The first-order chi connectivity index (χ1) is 12.5. The highest BCUT2D eigenvalue weighted by atomic mass is 32.2. The second kappa shape index (κ2) is 7.66. The number of rotatable bonds is 5. The van der Waals surface area contributed by atoms with Crippen LogP contribution in [0.25, 0.3) is 0 Å². The predicted octanol–water partition coefficient (Wildman–Crippen LogP) is 2.81. The fraction of sp³-hybridized carbons (Fsp3) is 0.125. The summed E-state index contributed by atoms with van der Waals surface area (Å²) in [6.45, 7) is 0. The van der Waals surface area contributed by atoms with E-state index >= 15 is 0 Å². The van der Waals surface area contributed by atoms with Gasteiger partial charge in [-0.1, -0.05) is 12.1 Å². The van der Waals surface area contributed by atoms with Crippen molar-refractivity contribution in [2.45, 2.75) is 6.18 Å². The minimum absolute atomic E-state index is 0.0292. The summed E-state index contributed by atoms with van der Waals surface area (Å²) in [5.41, 5.74) is 0.125. The van der Waals surface area contributed by atoms with Crippen molar-refractivity contribution < 1.29 is 31.2 Å². The maximum Gasteiger partial charge on any atom is 0.471 e. The van der Waals surface area contributed by atoms with Crippen LogP contribution in [0.1, 0.15) is 10.4 Å². The second-order valence-electron chi connectivity index (χ2n) is 5.40. The topological polar surface area (TPSA) is 104 Å². The maximum absolute atomic E-state index is 12.4. The van der Waals surface area contributed by atoms with Gasteiger partial charge >= 0.3 is 12.1 Å². The molecule has 0 fully saturated rings. The largest absolute Gasteiger partial charge is 0.471 e. The molecule has 2 rings (SSSR count). The monoisotopic (exact) mass is 401 g/mol. The number of hydrogen-bond acceptors (Lipinski definition) is 4. The number of halogens is 3. The number of sulfonamides is 1. The van der Waals surface area contributed by atoms with Crippen molar-refractivity contribution in [1.29, 1.82) is 0 Å². The number of hydrogen-bond donors (Lipinski definition) is 3. The zero-order valence-electron chi connectivity index (χ0n) is 13.8. The summed E-state index contributed by atoms with van der Waals surface area (Å²) < 4.78 is 61.7. The fourth-order valence-electron chi connectivity index (χ4n) is 1.99. The highest BCUT2D eigenvalue weighted by Crippen LogP contribution is 2.25. The Bertz CT molecular complexity index is 958. The normalized spacial score (nSPS) is 11.6. The van der Waals surface area contributed by atoms with Gasteiger partial charge in [0.2, 0.25) is 10.0 Å². The second-order valence-corrected chi connectivity index (χ2v) is 7.15. The van der Waals surface area contributed by atoms with Crippen molar-refractivity contribution in [3.05, 3.63) is 54.1 Å². The van der Waals surface area contributed by atoms with Gasteiger partial charge in [0, 0.05) is 11.3 Å². The quantitative estimate of drug-likeness (QED) is 0.717. The zero-order valence-corrected chi connectivity index (χ0v) is 14.6. The first-order valence-electron chi connectivity index (χ1n) is 7.32. The summed E-state index contributed by atoms with van der Waals surface area (Å²) in [5, 5.41) is 4.08. The van der Waals surface area contributed by atoms with E-state index in [9.17, 15) is 31.2 Å². The molecule has 0 radical (unpaired) electrons. The first-order valence-corrected chi connectivity index (χ1v) is 9.21. The number of nitrogens with one attached hydrogen (secondary N) is 3. The van der Waals surface area contributed by atoms with E-state index in [1.165, 1.54) is 48.5 Å². The first kappa shape index (κ1) is 20.2. The lowest BCUT2D eigenvalue weighted by Gasteiger charge is -2.13. The zero-order chi connectivity index (χ0) is 20.2. The van der Waals surface area contributed by atoms with Crippen LogP contribution in [0.5, 0.6) is 0 Å². The van der Waals surface area contributed by atoms with E-state index in [0.717, 1.165) is 6.26 Å². The molecular weight excluding hydrogens is 387 g/mol. The van der Waals surface area contributed by atoms with Crippen LogP contribution >= 0.6 is 0 Å². The molecule has 2 aromatic carbocycles. The number of benzene rings is 2. The van der Waals surface area contributed by atoms with E-state index in [1.807, 2.05) is 0 Å². The van der Waals surface area contributed by atoms with Crippen molar-refractivity contribution in [3.63, 3.8) is 0 Å². The molecule has 0 aliphatic rings. The Labute approximate surface area is 152 Å². The smallest absolute Gasteiger partial charge is 0.320 e. The third kappa shape index (κ3) is 5.99. The molecule has 0 aliphatic carbocycles. The number of para-hydroxylation sites is 2. The molecule has 27 heavy (non-hydrogen) atoms. The third-order valence-corrected chi connectivity index (χ3v) is 3.74. The van der Waals surface area contributed by atoms with Crippen molar-refractivity contribution >= 4 is 38.9 Å². The molecule has 2 aromatic rings. The Morgan fingerprint density at radius 3 is 1.89 bits per heavy atom. The van der Waals surface area contributed by atoms with Crippen molar-refractivity contribution in [3.8, 4) is 0 Å². The molecule has 0 aliphatic heterocycles. The van der Waals surface area contributed by atoms with Crippen molar-refractivity contribution in [2.24, 2.45) is 0 Å². The van der Waals surface area contributed by atoms with E-state index in [0.29, 0.717) is 0 Å². The van der Waals surface area contributed by atoms with Gasteiger partial charge in [0.15, 0.2) is 0 Å². The minimum atomic E-state index is -5.07. The molecule has 0 heterocycles. The molecule has 2 amide bonds. The molecule has 0 saturated heterocycles. The van der Waals surface area contributed by atoms with E-state index < -0.39 is 28.0 Å². The molecule has 0 unspecified atom stereocenters. The highest BCUT2D eigenvalue weighted by Gasteiger charge is 2.39. The molecule has 0 bridgehead atoms. The van der Waals surface area contributed by atoms with Crippen LogP contribution in [0.4, 0.5) is 30.2 Å². The lowest BCUT2D eigenvalue weighted by atomic mass is 10.2. The third-order valence-electron chi connectivity index (χ3n) is 3.13. The Morgan fingerprint density at radius 1 is 0.889 bits per heavy atom. The number of alkyl halides is 3. The van der Waals surface area contributed by atoms with Gasteiger partial charge in [-0.25, -0.2) is 8.42 Å². The molecule has 0 spiro atoms. The van der Waals surface area contributed by atoms with Crippen LogP contribution in [-0.4, -0.2) is 32.7 Å². The Morgan fingerprint density at radius 2 is 1.41 bits per heavy atom. The van der Waals surface area contributed by atoms with Crippen LogP contribution in [0.15, 0.2) is 48.5 Å². The van der Waals surface area contributed by atoms with Crippen LogP contribution in [0.2, 0.25) is 0 Å². The molecule has 0 saturated carbocycles. The van der Waals surface area contributed by atoms with Gasteiger partial charge in [-0.15, -0.1) is 0 Å². The number of anilines is 3. The predicted molar refractivity (Wildman–Crippen MR) is 94.0 cm³/mol. The van der Waals surface area contributed by atoms with Gasteiger partial charge in [0.1, 0.15) is 0 Å². The van der Waals surface area contributed by atoms with Gasteiger partial charge in [0.05, 0.1) is 17.6 Å². The van der Waals surface area contributed by atoms with Gasteiger partial charge in [-0.2, -0.15) is 13.2 Å². The SMILES string of the molecule is CS(=O)(=O)Nc1ccc(C(=O)Nc2ccccc2NC(=O)C(F)(F)F)cc1. The summed E-state index contributed by atoms with van der Waals surface area (Å²) in [4.78, 5) is 23.3. The highest BCUT2D eigenvalue weighted by molar-refractivity contribution is 7.92. The summed E-state index contributed by atoms with van der Waals surface area (Å²) in [6.07, 6.45) is -4.10. The fourth-order valence-corrected chi connectivity index (χ4v) is 2.56. The van der Waals surface area contributed by atoms with Crippen LogP contribution in [0.3, 0.4) is 0 Å². The van der Waals surface area contributed by atoms with Crippen molar-refractivity contribution in [2.75, 3.05) is 21.6 Å². The Hall–Kier alpha value is -3.08. The van der Waals surface area contributed by atoms with E-state index in [4.69, 9.17) is 0 Å². The number of carbonyl (C=O) groups excluding carboxylic acids is 2. The lowest BCUT2D eigenvalue weighted by molar-refractivity contribution is -0.167. The maximum atomic E-state index is 12.4. The van der Waals surface area contributed by atoms with Gasteiger partial charge in [0.25, 0.3) is 5.91 Å². The van der Waals surface area contributed by atoms with E-state index in [1.54, 1.807) is 5.32 Å². The summed E-state index contributed by atoms with van der Waals surface area (Å²) in [5.74, 6) is -2.82. The molecule has 11 heteroatoms. The molecule has 7 nitrogen and oxygen atoms in total. The Balaban J connectivity index is 2.15.